The topological polar surface area (TPSA) is 155 Å². The lowest BCUT2D eigenvalue weighted by Gasteiger charge is -2.20. The van der Waals surface area contributed by atoms with Crippen molar-refractivity contribution in [3.63, 3.8) is 0 Å². The molecule has 0 rings (SSSR count). The highest BCUT2D eigenvalue weighted by Gasteiger charge is 2.27. The van der Waals surface area contributed by atoms with E-state index in [0.717, 1.165) is 83.5 Å². The maximum absolute atomic E-state index is 12.7. The Morgan fingerprint density at radius 1 is 0.478 bits per heavy atom. The van der Waals surface area contributed by atoms with Gasteiger partial charge in [-0.25, -0.2) is 4.57 Å². The molecule has 0 aromatic rings. The predicted octanol–water partition coefficient (Wildman–Crippen LogP) is 16.0. The molecule has 10 nitrogen and oxygen atoms in total. The summed E-state index contributed by atoms with van der Waals surface area (Å²) in [6.07, 6.45) is 72.7. The van der Waals surface area contributed by atoms with Gasteiger partial charge in [-0.3, -0.25) is 18.6 Å². The fraction of sp³-hybridized carbons (Fsp3) is 0.621. The maximum Gasteiger partial charge on any atom is 0.472 e. The Kier molecular flexibility index (Phi) is 49.5. The number of esters is 1. The van der Waals surface area contributed by atoms with Crippen LogP contribution >= 0.6 is 7.82 Å². The molecule has 0 bridgehead atoms. The first kappa shape index (κ1) is 65.4. The summed E-state index contributed by atoms with van der Waals surface area (Å²) in [5.41, 5.74) is 5.37. The van der Waals surface area contributed by atoms with Gasteiger partial charge in [-0.15, -0.1) is 0 Å². The van der Waals surface area contributed by atoms with Crippen molar-refractivity contribution in [2.24, 2.45) is 5.73 Å². The number of rotatable bonds is 49. The lowest BCUT2D eigenvalue weighted by atomic mass is 10.1. The summed E-state index contributed by atoms with van der Waals surface area (Å²) in [7, 11) is -4.65. The molecule has 0 radical (unpaired) electrons. The number of carbonyl (C=O) groups is 2. The molecule has 0 spiro atoms. The van der Waals surface area contributed by atoms with Crippen molar-refractivity contribution in [2.45, 2.75) is 206 Å². The third-order valence-corrected chi connectivity index (χ3v) is 11.7. The molecular formula is C58H96NO9P. The molecule has 0 aliphatic carbocycles. The minimum Gasteiger partial charge on any atom is -0.480 e. The summed E-state index contributed by atoms with van der Waals surface area (Å²) >= 11 is 0. The SMILES string of the molecule is CC/C=C\C/C=C\C/C=C\C/C=C\C/C=C\C/C=C\C/C=C\CCCC(=O)OC(COCCCCCCCCCCC/C=C\C/C=C\C/C=C\CCCCCCC)COP(=O)(O)OCC(N)C(=O)O. The smallest absolute Gasteiger partial charge is 0.472 e. The lowest BCUT2D eigenvalue weighted by molar-refractivity contribution is -0.154. The summed E-state index contributed by atoms with van der Waals surface area (Å²) < 4.78 is 33.5. The van der Waals surface area contributed by atoms with E-state index in [1.54, 1.807) is 0 Å². The van der Waals surface area contributed by atoms with Crippen LogP contribution in [0.15, 0.2) is 122 Å². The third kappa shape index (κ3) is 52.0. The number of aliphatic carboxylic acids is 1. The van der Waals surface area contributed by atoms with Crippen LogP contribution in [0.4, 0.5) is 0 Å². The van der Waals surface area contributed by atoms with Crippen molar-refractivity contribution in [3.05, 3.63) is 122 Å². The zero-order valence-electron chi connectivity index (χ0n) is 43.1. The largest absolute Gasteiger partial charge is 0.480 e. The van der Waals surface area contributed by atoms with Crippen molar-refractivity contribution in [1.29, 1.82) is 0 Å². The highest BCUT2D eigenvalue weighted by atomic mass is 31.2. The van der Waals surface area contributed by atoms with E-state index in [2.05, 4.69) is 129 Å². The van der Waals surface area contributed by atoms with Gasteiger partial charge in [0.1, 0.15) is 12.1 Å². The van der Waals surface area contributed by atoms with Crippen LogP contribution in [-0.2, 0) is 32.7 Å². The Hall–Kier alpha value is -3.63. The van der Waals surface area contributed by atoms with Crippen LogP contribution in [0.25, 0.3) is 0 Å². The van der Waals surface area contributed by atoms with E-state index in [9.17, 15) is 19.0 Å². The molecule has 392 valence electrons. The van der Waals surface area contributed by atoms with E-state index in [-0.39, 0.29) is 13.0 Å². The number of carboxylic acids is 1. The van der Waals surface area contributed by atoms with E-state index >= 15 is 0 Å². The first-order valence-corrected chi connectivity index (χ1v) is 28.1. The summed E-state index contributed by atoms with van der Waals surface area (Å²) in [5, 5.41) is 8.94. The van der Waals surface area contributed by atoms with Crippen molar-refractivity contribution >= 4 is 19.8 Å². The molecule has 0 aromatic carbocycles. The number of allylic oxidation sites excluding steroid dienone is 20. The minimum absolute atomic E-state index is 0.0188. The van der Waals surface area contributed by atoms with Crippen molar-refractivity contribution in [1.82, 2.24) is 0 Å². The molecule has 0 fully saturated rings. The van der Waals surface area contributed by atoms with Gasteiger partial charge in [0.05, 0.1) is 19.8 Å². The van der Waals surface area contributed by atoms with Crippen LogP contribution in [-0.4, -0.2) is 60.5 Å². The molecule has 4 N–H and O–H groups in total. The monoisotopic (exact) mass is 982 g/mol. The second kappa shape index (κ2) is 52.2. The number of ether oxygens (including phenoxy) is 2. The van der Waals surface area contributed by atoms with E-state index in [0.29, 0.717) is 19.4 Å². The van der Waals surface area contributed by atoms with Crippen LogP contribution in [0.1, 0.15) is 194 Å². The second-order valence-corrected chi connectivity index (χ2v) is 18.7. The summed E-state index contributed by atoms with van der Waals surface area (Å²) in [6, 6.07) is -1.49. The normalized spacial score (nSPS) is 14.6. The van der Waals surface area contributed by atoms with Gasteiger partial charge in [0, 0.05) is 13.0 Å². The standard InChI is InChI=1S/C58H96NO9P/c1-3-5-7-9-11-13-15-17-19-21-23-25-27-29-31-33-35-37-39-41-43-45-47-49-51-65-52-55(53-66-69(63,64)67-54-56(59)58(61)62)68-57(60)50-48-46-44-42-40-38-36-34-32-30-28-26-24-22-20-18-16-14-12-10-8-6-4-2/h6,8,12,14-15,17-18,20-21,23-24,26-27,29-30,32,36,38,42,44,55-56H,3-5,7,9-11,13,16,19,22,25,28,31,33-35,37,39-41,43,45-54,59H2,1-2H3,(H,61,62)(H,63,64)/b8-6-,14-12-,17-15-,20-18-,23-21-,26-24-,29-27-,32-30-,38-36-,44-42-. The fourth-order valence-corrected chi connectivity index (χ4v) is 7.44. The highest BCUT2D eigenvalue weighted by Crippen LogP contribution is 2.43. The number of carbonyl (C=O) groups excluding carboxylic acids is 1. The summed E-state index contributed by atoms with van der Waals surface area (Å²) in [4.78, 5) is 33.7. The lowest BCUT2D eigenvalue weighted by Crippen LogP contribution is -2.34. The number of unbranched alkanes of at least 4 members (excludes halogenated alkanes) is 15. The van der Waals surface area contributed by atoms with Crippen molar-refractivity contribution in [3.8, 4) is 0 Å². The minimum atomic E-state index is -4.65. The molecule has 0 aliphatic heterocycles. The van der Waals surface area contributed by atoms with Gasteiger partial charge in [0.2, 0.25) is 0 Å². The Balaban J connectivity index is 4.28. The van der Waals surface area contributed by atoms with Gasteiger partial charge in [0.25, 0.3) is 0 Å². The quantitative estimate of drug-likeness (QED) is 0.0232. The number of carboxylic acid groups (broad SMARTS) is 1. The first-order valence-electron chi connectivity index (χ1n) is 26.6. The molecule has 0 aromatic heterocycles. The molecule has 0 saturated carbocycles. The van der Waals surface area contributed by atoms with Crippen molar-refractivity contribution < 1.29 is 42.7 Å². The molecular weight excluding hydrogens is 886 g/mol. The van der Waals surface area contributed by atoms with Crippen LogP contribution < -0.4 is 5.73 Å². The van der Waals surface area contributed by atoms with Crippen LogP contribution in [0.5, 0.6) is 0 Å². The van der Waals surface area contributed by atoms with Gasteiger partial charge in [0.15, 0.2) is 0 Å². The number of hydrogen-bond donors (Lipinski definition) is 3. The maximum atomic E-state index is 12.7. The van der Waals surface area contributed by atoms with Gasteiger partial charge in [-0.2, -0.15) is 0 Å². The molecule has 3 unspecified atom stereocenters. The van der Waals surface area contributed by atoms with Crippen LogP contribution in [0, 0.1) is 0 Å². The van der Waals surface area contributed by atoms with Gasteiger partial charge in [-0.1, -0.05) is 206 Å². The Morgan fingerprint density at radius 2 is 0.841 bits per heavy atom. The Labute approximate surface area is 420 Å². The zero-order chi connectivity index (χ0) is 50.4. The van der Waals surface area contributed by atoms with E-state index in [4.69, 9.17) is 29.4 Å². The molecule has 0 saturated heterocycles. The highest BCUT2D eigenvalue weighted by molar-refractivity contribution is 7.47. The fourth-order valence-electron chi connectivity index (χ4n) is 6.66. The van der Waals surface area contributed by atoms with Gasteiger partial charge < -0.3 is 25.2 Å². The predicted molar refractivity (Wildman–Crippen MR) is 290 cm³/mol. The summed E-state index contributed by atoms with van der Waals surface area (Å²) in [6.45, 7) is 3.66. The number of phosphoric ester groups is 1. The number of phosphoric acid groups is 1. The van der Waals surface area contributed by atoms with Gasteiger partial charge >= 0.3 is 19.8 Å². The molecule has 3 atom stereocenters. The number of nitrogens with two attached hydrogens (primary N) is 1. The van der Waals surface area contributed by atoms with E-state index in [1.807, 2.05) is 6.08 Å². The van der Waals surface area contributed by atoms with Crippen LogP contribution in [0.3, 0.4) is 0 Å². The molecule has 11 heteroatoms. The molecule has 0 aliphatic rings. The number of hydrogen-bond acceptors (Lipinski definition) is 8. The molecule has 69 heavy (non-hydrogen) atoms. The Morgan fingerprint density at radius 3 is 1.26 bits per heavy atom. The van der Waals surface area contributed by atoms with E-state index in [1.165, 1.54) is 77.0 Å². The molecule has 0 amide bonds. The van der Waals surface area contributed by atoms with E-state index < -0.39 is 45.1 Å². The van der Waals surface area contributed by atoms with Crippen molar-refractivity contribution in [2.75, 3.05) is 26.4 Å². The second-order valence-electron chi connectivity index (χ2n) is 17.3. The summed E-state index contributed by atoms with van der Waals surface area (Å²) in [5.74, 6) is -1.85. The third-order valence-electron chi connectivity index (χ3n) is 10.7. The average molecular weight is 982 g/mol. The van der Waals surface area contributed by atoms with Crippen LogP contribution in [0.2, 0.25) is 0 Å². The average Bonchev–Trinajstić information content (AvgIpc) is 3.33. The zero-order valence-corrected chi connectivity index (χ0v) is 44.0. The first-order chi connectivity index (χ1) is 33.7. The molecule has 0 heterocycles. The van der Waals surface area contributed by atoms with Gasteiger partial charge in [-0.05, 0) is 103 Å². The Bertz CT molecular complexity index is 1560.